The second kappa shape index (κ2) is 7.64. The van der Waals surface area contributed by atoms with Gasteiger partial charge >= 0.3 is 0 Å². The summed E-state index contributed by atoms with van der Waals surface area (Å²) in [5.74, 6) is 1.59. The summed E-state index contributed by atoms with van der Waals surface area (Å²) in [6.07, 6.45) is 2.82. The van der Waals surface area contributed by atoms with Crippen LogP contribution in [0.2, 0.25) is 0 Å². The van der Waals surface area contributed by atoms with Crippen LogP contribution in [-0.2, 0) is 6.42 Å². The van der Waals surface area contributed by atoms with Crippen molar-refractivity contribution >= 4 is 0 Å². The van der Waals surface area contributed by atoms with Crippen molar-refractivity contribution in [2.45, 2.75) is 12.5 Å². The molecule has 0 amide bonds. The van der Waals surface area contributed by atoms with Crippen molar-refractivity contribution in [1.82, 2.24) is 15.2 Å². The number of hydrogen-bond donors (Lipinski definition) is 1. The number of pyridine rings is 1. The van der Waals surface area contributed by atoms with Gasteiger partial charge in [-0.05, 0) is 55.9 Å². The number of hydrogen-bond acceptors (Lipinski definition) is 5. The highest BCUT2D eigenvalue weighted by molar-refractivity contribution is 5.51. The summed E-state index contributed by atoms with van der Waals surface area (Å²) in [4.78, 5) is 6.62. The number of ether oxygens (including phenoxy) is 2. The average molecular weight is 327 g/mol. The SMILES string of the molecule is COc1cc2c(cc1OCCN(C)C)C(c1ccccn1)NCC2. The molecule has 5 heteroatoms. The van der Waals surface area contributed by atoms with Crippen LogP contribution in [0.4, 0.5) is 0 Å². The number of aromatic nitrogens is 1. The number of fused-ring (bicyclic) bond motifs is 1. The largest absolute Gasteiger partial charge is 0.493 e. The molecule has 1 N–H and O–H groups in total. The quantitative estimate of drug-likeness (QED) is 0.882. The Morgan fingerprint density at radius 3 is 2.83 bits per heavy atom. The first-order chi connectivity index (χ1) is 11.7. The Bertz CT molecular complexity index is 674. The van der Waals surface area contributed by atoms with Gasteiger partial charge in [0.1, 0.15) is 6.61 Å². The zero-order chi connectivity index (χ0) is 16.9. The van der Waals surface area contributed by atoms with E-state index in [9.17, 15) is 0 Å². The first-order valence-electron chi connectivity index (χ1n) is 8.31. The maximum absolute atomic E-state index is 5.97. The van der Waals surface area contributed by atoms with E-state index in [1.165, 1.54) is 11.1 Å². The van der Waals surface area contributed by atoms with E-state index < -0.39 is 0 Å². The fraction of sp³-hybridized carbons (Fsp3) is 0.421. The van der Waals surface area contributed by atoms with Gasteiger partial charge in [-0.2, -0.15) is 0 Å². The molecule has 0 radical (unpaired) electrons. The van der Waals surface area contributed by atoms with Crippen LogP contribution in [0, 0.1) is 0 Å². The number of nitrogens with zero attached hydrogens (tertiary/aromatic N) is 2. The maximum atomic E-state index is 5.97. The molecular formula is C19H25N3O2. The highest BCUT2D eigenvalue weighted by Crippen LogP contribution is 2.37. The number of likely N-dealkylation sites (N-methyl/N-ethyl adjacent to an activating group) is 1. The van der Waals surface area contributed by atoms with Crippen molar-refractivity contribution in [3.05, 3.63) is 53.3 Å². The van der Waals surface area contributed by atoms with Crippen LogP contribution < -0.4 is 14.8 Å². The minimum atomic E-state index is 0.0945. The van der Waals surface area contributed by atoms with E-state index in [1.807, 2.05) is 32.4 Å². The standard InChI is InChI=1S/C19H25N3O2/c1-22(2)10-11-24-18-13-15-14(12-17(18)23-3)7-9-21-19(15)16-6-4-5-8-20-16/h4-6,8,12-13,19,21H,7,9-11H2,1-3H3. The molecule has 2 heterocycles. The monoisotopic (exact) mass is 327 g/mol. The van der Waals surface area contributed by atoms with Crippen molar-refractivity contribution in [2.24, 2.45) is 0 Å². The predicted molar refractivity (Wildman–Crippen MR) is 94.8 cm³/mol. The van der Waals surface area contributed by atoms with Crippen molar-refractivity contribution < 1.29 is 9.47 Å². The summed E-state index contributed by atoms with van der Waals surface area (Å²) in [5.41, 5.74) is 3.55. The molecule has 1 aliphatic rings. The smallest absolute Gasteiger partial charge is 0.161 e. The molecule has 3 rings (SSSR count). The molecule has 5 nitrogen and oxygen atoms in total. The van der Waals surface area contributed by atoms with Gasteiger partial charge in [0.2, 0.25) is 0 Å². The lowest BCUT2D eigenvalue weighted by Gasteiger charge is -2.28. The molecule has 0 aliphatic carbocycles. The molecule has 0 fully saturated rings. The Labute approximate surface area is 143 Å². The molecule has 128 valence electrons. The van der Waals surface area contributed by atoms with Crippen molar-refractivity contribution in [2.75, 3.05) is 40.9 Å². The van der Waals surface area contributed by atoms with Gasteiger partial charge in [-0.3, -0.25) is 4.98 Å². The summed E-state index contributed by atoms with van der Waals surface area (Å²) in [6, 6.07) is 10.3. The van der Waals surface area contributed by atoms with Crippen LogP contribution in [0.5, 0.6) is 11.5 Å². The number of rotatable bonds is 6. The van der Waals surface area contributed by atoms with E-state index in [-0.39, 0.29) is 6.04 Å². The van der Waals surface area contributed by atoms with Gasteiger partial charge < -0.3 is 19.7 Å². The van der Waals surface area contributed by atoms with Crippen LogP contribution in [-0.4, -0.2) is 50.8 Å². The van der Waals surface area contributed by atoms with Crippen LogP contribution in [0.25, 0.3) is 0 Å². The lowest BCUT2D eigenvalue weighted by atomic mass is 9.91. The maximum Gasteiger partial charge on any atom is 0.161 e. The van der Waals surface area contributed by atoms with E-state index in [0.717, 1.165) is 36.7 Å². The summed E-state index contributed by atoms with van der Waals surface area (Å²) in [6.45, 7) is 2.42. The van der Waals surface area contributed by atoms with E-state index in [1.54, 1.807) is 7.11 Å². The second-order valence-electron chi connectivity index (χ2n) is 6.25. The molecule has 24 heavy (non-hydrogen) atoms. The molecular weight excluding hydrogens is 302 g/mol. The molecule has 1 aliphatic heterocycles. The van der Waals surface area contributed by atoms with Gasteiger partial charge in [0.25, 0.3) is 0 Å². The average Bonchev–Trinajstić information content (AvgIpc) is 2.61. The fourth-order valence-electron chi connectivity index (χ4n) is 2.99. The van der Waals surface area contributed by atoms with Crippen molar-refractivity contribution in [3.8, 4) is 11.5 Å². The molecule has 0 bridgehead atoms. The van der Waals surface area contributed by atoms with Crippen molar-refractivity contribution in [1.29, 1.82) is 0 Å². The normalized spacial score (nSPS) is 16.8. The van der Waals surface area contributed by atoms with Crippen LogP contribution >= 0.6 is 0 Å². The van der Waals surface area contributed by atoms with Gasteiger partial charge in [-0.15, -0.1) is 0 Å². The molecule has 0 spiro atoms. The van der Waals surface area contributed by atoms with E-state index in [0.29, 0.717) is 6.61 Å². The Morgan fingerprint density at radius 2 is 2.12 bits per heavy atom. The van der Waals surface area contributed by atoms with Crippen LogP contribution in [0.1, 0.15) is 22.9 Å². The summed E-state index contributed by atoms with van der Waals surface area (Å²) in [5, 5.41) is 3.56. The third-order valence-electron chi connectivity index (χ3n) is 4.26. The Kier molecular flexibility index (Phi) is 5.33. The Hall–Kier alpha value is -2.11. The topological polar surface area (TPSA) is 46.6 Å². The molecule has 0 saturated carbocycles. The summed E-state index contributed by atoms with van der Waals surface area (Å²) in [7, 11) is 5.76. The second-order valence-corrected chi connectivity index (χ2v) is 6.25. The molecule has 1 aromatic carbocycles. The predicted octanol–water partition coefficient (Wildman–Crippen LogP) is 2.27. The fourth-order valence-corrected chi connectivity index (χ4v) is 2.99. The Balaban J connectivity index is 1.92. The minimum Gasteiger partial charge on any atom is -0.493 e. The van der Waals surface area contributed by atoms with E-state index in [4.69, 9.17) is 9.47 Å². The molecule has 0 saturated heterocycles. The number of benzene rings is 1. The summed E-state index contributed by atoms with van der Waals surface area (Å²) >= 11 is 0. The van der Waals surface area contributed by atoms with E-state index in [2.05, 4.69) is 33.4 Å². The van der Waals surface area contributed by atoms with Gasteiger partial charge in [0, 0.05) is 19.3 Å². The lowest BCUT2D eigenvalue weighted by molar-refractivity contribution is 0.250. The first-order valence-corrected chi connectivity index (χ1v) is 8.31. The van der Waals surface area contributed by atoms with Gasteiger partial charge in [0.15, 0.2) is 11.5 Å². The van der Waals surface area contributed by atoms with Crippen molar-refractivity contribution in [3.63, 3.8) is 0 Å². The highest BCUT2D eigenvalue weighted by atomic mass is 16.5. The zero-order valence-corrected chi connectivity index (χ0v) is 14.6. The van der Waals surface area contributed by atoms with Crippen LogP contribution in [0.3, 0.4) is 0 Å². The van der Waals surface area contributed by atoms with Gasteiger partial charge in [-0.1, -0.05) is 6.07 Å². The Morgan fingerprint density at radius 1 is 1.25 bits per heavy atom. The lowest BCUT2D eigenvalue weighted by Crippen LogP contribution is -2.31. The van der Waals surface area contributed by atoms with Crippen LogP contribution in [0.15, 0.2) is 36.5 Å². The minimum absolute atomic E-state index is 0.0945. The number of nitrogens with one attached hydrogen (secondary N) is 1. The third kappa shape index (κ3) is 3.68. The molecule has 2 aromatic rings. The molecule has 1 atom stereocenters. The number of methoxy groups -OCH3 is 1. The molecule has 1 aromatic heterocycles. The highest BCUT2D eigenvalue weighted by Gasteiger charge is 2.24. The third-order valence-corrected chi connectivity index (χ3v) is 4.26. The summed E-state index contributed by atoms with van der Waals surface area (Å²) < 4.78 is 11.5. The van der Waals surface area contributed by atoms with Gasteiger partial charge in [0.05, 0.1) is 18.8 Å². The first kappa shape index (κ1) is 16.7. The van der Waals surface area contributed by atoms with Gasteiger partial charge in [-0.25, -0.2) is 0 Å². The van der Waals surface area contributed by atoms with E-state index >= 15 is 0 Å². The zero-order valence-electron chi connectivity index (χ0n) is 14.6. The molecule has 1 unspecified atom stereocenters.